The minimum absolute atomic E-state index is 0.0668. The van der Waals surface area contributed by atoms with Gasteiger partial charge in [-0.3, -0.25) is 14.8 Å². The van der Waals surface area contributed by atoms with Crippen LogP contribution < -0.4 is 11.3 Å². The second-order valence-corrected chi connectivity index (χ2v) is 4.44. The summed E-state index contributed by atoms with van der Waals surface area (Å²) in [5.41, 5.74) is 2.29. The van der Waals surface area contributed by atoms with Crippen molar-refractivity contribution in [1.82, 2.24) is 14.8 Å². The Bertz CT molecular complexity index is 584. The molecule has 0 saturated carbocycles. The third-order valence-corrected chi connectivity index (χ3v) is 3.02. The number of nitrogens with two attached hydrogens (primary N) is 1. The van der Waals surface area contributed by atoms with Crippen molar-refractivity contribution in [3.63, 3.8) is 0 Å². The van der Waals surface area contributed by atoms with E-state index in [9.17, 15) is 10.1 Å². The molecular weight excluding hydrogens is 256 g/mol. The lowest BCUT2D eigenvalue weighted by Gasteiger charge is -2.03. The van der Waals surface area contributed by atoms with Gasteiger partial charge in [-0.15, -0.1) is 0 Å². The minimum Gasteiger partial charge on any atom is -0.308 e. The molecule has 0 aliphatic rings. The topological polar surface area (TPSA) is 112 Å². The number of nitrogens with zero attached hydrogens (tertiary/aromatic N) is 4. The summed E-state index contributed by atoms with van der Waals surface area (Å²) in [4.78, 5) is 15.2. The Kier molecular flexibility index (Phi) is 3.44. The molecule has 0 radical (unpaired) electrons. The fourth-order valence-corrected chi connectivity index (χ4v) is 2.21. The fraction of sp³-hybridized carbons (Fsp3) is 0.111. The number of nitrogen functional groups attached to an aromatic ring is 1. The monoisotopic (exact) mass is 266 g/mol. The van der Waals surface area contributed by atoms with Crippen LogP contribution in [-0.2, 0) is 7.05 Å². The van der Waals surface area contributed by atoms with Gasteiger partial charge in [-0.25, -0.2) is 10.8 Å². The van der Waals surface area contributed by atoms with E-state index in [1.165, 1.54) is 12.1 Å². The Labute approximate surface area is 106 Å². The Morgan fingerprint density at radius 1 is 1.56 bits per heavy atom. The highest BCUT2D eigenvalue weighted by atomic mass is 32.2. The van der Waals surface area contributed by atoms with Crippen molar-refractivity contribution in [1.29, 1.82) is 0 Å². The second-order valence-electron chi connectivity index (χ2n) is 3.37. The van der Waals surface area contributed by atoms with Gasteiger partial charge < -0.3 is 5.43 Å². The summed E-state index contributed by atoms with van der Waals surface area (Å²) >= 11 is 1.16. The van der Waals surface area contributed by atoms with Crippen LogP contribution in [0.4, 0.5) is 11.5 Å². The van der Waals surface area contributed by atoms with Crippen molar-refractivity contribution >= 4 is 23.3 Å². The van der Waals surface area contributed by atoms with E-state index in [1.54, 1.807) is 24.1 Å². The maximum Gasteiger partial charge on any atom is 0.301 e. The van der Waals surface area contributed by atoms with Gasteiger partial charge in [-0.2, -0.15) is 5.10 Å². The van der Waals surface area contributed by atoms with Crippen LogP contribution in [-0.4, -0.2) is 19.7 Å². The second kappa shape index (κ2) is 5.02. The molecule has 0 aliphatic heterocycles. The van der Waals surface area contributed by atoms with Gasteiger partial charge in [-0.1, -0.05) is 11.8 Å². The lowest BCUT2D eigenvalue weighted by atomic mass is 10.4. The summed E-state index contributed by atoms with van der Waals surface area (Å²) in [6, 6.07) is 2.81. The minimum atomic E-state index is -0.480. The van der Waals surface area contributed by atoms with Crippen LogP contribution in [0.15, 0.2) is 34.4 Å². The highest BCUT2D eigenvalue weighted by molar-refractivity contribution is 7.99. The first-order chi connectivity index (χ1) is 8.60. The zero-order valence-corrected chi connectivity index (χ0v) is 10.2. The quantitative estimate of drug-likeness (QED) is 0.485. The summed E-state index contributed by atoms with van der Waals surface area (Å²) in [5, 5.41) is 15.2. The van der Waals surface area contributed by atoms with Crippen molar-refractivity contribution in [2.45, 2.75) is 9.92 Å². The fourth-order valence-electron chi connectivity index (χ4n) is 1.29. The number of hydrogen-bond acceptors (Lipinski definition) is 7. The zero-order valence-electron chi connectivity index (χ0n) is 9.40. The molecule has 3 N–H and O–H groups in total. The molecule has 0 unspecified atom stereocenters. The summed E-state index contributed by atoms with van der Waals surface area (Å²) < 4.78 is 1.61. The van der Waals surface area contributed by atoms with Crippen molar-refractivity contribution in [2.75, 3.05) is 5.43 Å². The molecule has 2 aromatic heterocycles. The Hall–Kier alpha value is -2.13. The molecule has 18 heavy (non-hydrogen) atoms. The van der Waals surface area contributed by atoms with Crippen LogP contribution in [0.3, 0.4) is 0 Å². The van der Waals surface area contributed by atoms with Gasteiger partial charge in [0.15, 0.2) is 5.03 Å². The van der Waals surface area contributed by atoms with Gasteiger partial charge >= 0.3 is 5.69 Å². The largest absolute Gasteiger partial charge is 0.308 e. The number of nitro groups is 1. The lowest BCUT2D eigenvalue weighted by molar-refractivity contribution is -0.388. The Morgan fingerprint density at radius 3 is 2.89 bits per heavy atom. The number of aromatic nitrogens is 3. The number of aryl methyl sites for hydroxylation is 1. The van der Waals surface area contributed by atoms with Crippen LogP contribution in [0.5, 0.6) is 0 Å². The average molecular weight is 266 g/mol. The molecule has 2 rings (SSSR count). The molecule has 94 valence electrons. The molecule has 0 bridgehead atoms. The summed E-state index contributed by atoms with van der Waals surface area (Å²) in [6.45, 7) is 0. The van der Waals surface area contributed by atoms with Crippen molar-refractivity contribution in [3.8, 4) is 0 Å². The third-order valence-electron chi connectivity index (χ3n) is 2.08. The predicted molar refractivity (Wildman–Crippen MR) is 66.0 cm³/mol. The van der Waals surface area contributed by atoms with E-state index in [2.05, 4.69) is 15.5 Å². The standard InChI is InChI=1S/C9H10N6O2S/c1-14-5-6(4-11-14)18-9-7(15(16)17)2-3-8(12-9)13-10/h2-5H,10H2,1H3,(H,12,13). The van der Waals surface area contributed by atoms with E-state index < -0.39 is 4.92 Å². The molecule has 0 spiro atoms. The molecular formula is C9H10N6O2S. The van der Waals surface area contributed by atoms with Crippen molar-refractivity contribution < 1.29 is 4.92 Å². The van der Waals surface area contributed by atoms with Crippen LogP contribution in [0, 0.1) is 10.1 Å². The first-order valence-electron chi connectivity index (χ1n) is 4.88. The molecule has 0 fully saturated rings. The van der Waals surface area contributed by atoms with Gasteiger partial charge in [-0.05, 0) is 6.07 Å². The Balaban J connectivity index is 2.37. The van der Waals surface area contributed by atoms with Gasteiger partial charge in [0.05, 0.1) is 16.0 Å². The number of hydrogen-bond donors (Lipinski definition) is 2. The highest BCUT2D eigenvalue weighted by Gasteiger charge is 2.17. The maximum absolute atomic E-state index is 10.9. The van der Waals surface area contributed by atoms with Crippen LogP contribution >= 0.6 is 11.8 Å². The SMILES string of the molecule is Cn1cc(Sc2nc(NN)ccc2[N+](=O)[O-])cn1. The average Bonchev–Trinajstić information content (AvgIpc) is 2.74. The van der Waals surface area contributed by atoms with E-state index in [0.29, 0.717) is 5.82 Å². The smallest absolute Gasteiger partial charge is 0.301 e. The number of hydrazine groups is 1. The first-order valence-corrected chi connectivity index (χ1v) is 5.70. The molecule has 0 saturated heterocycles. The van der Waals surface area contributed by atoms with Gasteiger partial charge in [0.1, 0.15) is 5.82 Å². The predicted octanol–water partition coefficient (Wildman–Crippen LogP) is 1.16. The number of pyridine rings is 1. The van der Waals surface area contributed by atoms with Gasteiger partial charge in [0.2, 0.25) is 0 Å². The summed E-state index contributed by atoms with van der Waals surface area (Å²) in [5.74, 6) is 5.60. The molecule has 0 aliphatic carbocycles. The molecule has 2 aromatic rings. The highest BCUT2D eigenvalue weighted by Crippen LogP contribution is 2.33. The zero-order chi connectivity index (χ0) is 13.1. The van der Waals surface area contributed by atoms with Gasteiger partial charge in [0.25, 0.3) is 0 Å². The first kappa shape index (κ1) is 12.3. The molecule has 8 nitrogen and oxygen atoms in total. The van der Waals surface area contributed by atoms with Crippen LogP contribution in [0.2, 0.25) is 0 Å². The van der Waals surface area contributed by atoms with Crippen LogP contribution in [0.25, 0.3) is 0 Å². The maximum atomic E-state index is 10.9. The third kappa shape index (κ3) is 2.57. The number of nitrogens with one attached hydrogen (secondary N) is 1. The molecule has 9 heteroatoms. The van der Waals surface area contributed by atoms with E-state index >= 15 is 0 Å². The van der Waals surface area contributed by atoms with E-state index in [4.69, 9.17) is 5.84 Å². The summed E-state index contributed by atoms with van der Waals surface area (Å²) in [6.07, 6.45) is 3.36. The van der Waals surface area contributed by atoms with Crippen molar-refractivity contribution in [2.24, 2.45) is 12.9 Å². The van der Waals surface area contributed by atoms with E-state index in [0.717, 1.165) is 16.7 Å². The number of rotatable bonds is 4. The molecule has 2 heterocycles. The van der Waals surface area contributed by atoms with Crippen molar-refractivity contribution in [3.05, 3.63) is 34.6 Å². The summed E-state index contributed by atoms with van der Waals surface area (Å²) in [7, 11) is 1.77. The Morgan fingerprint density at radius 2 is 2.33 bits per heavy atom. The van der Waals surface area contributed by atoms with Gasteiger partial charge in [0, 0.05) is 19.3 Å². The molecule has 0 aromatic carbocycles. The lowest BCUT2D eigenvalue weighted by Crippen LogP contribution is -2.09. The van der Waals surface area contributed by atoms with Crippen LogP contribution in [0.1, 0.15) is 0 Å². The van der Waals surface area contributed by atoms with E-state index in [1.807, 2.05) is 0 Å². The molecule has 0 amide bonds. The normalized spacial score (nSPS) is 10.3. The number of anilines is 1. The molecule has 0 atom stereocenters. The van der Waals surface area contributed by atoms with E-state index in [-0.39, 0.29) is 10.7 Å².